The van der Waals surface area contributed by atoms with Gasteiger partial charge in [0.25, 0.3) is 0 Å². The normalized spacial score (nSPS) is 13.9. The van der Waals surface area contributed by atoms with Crippen molar-refractivity contribution in [3.05, 3.63) is 89.7 Å². The lowest BCUT2D eigenvalue weighted by Gasteiger charge is -2.15. The second-order valence-corrected chi connectivity index (χ2v) is 7.85. The highest BCUT2D eigenvalue weighted by molar-refractivity contribution is 6.00. The standard InChI is InChI=1S/C26H27NO3/c28-25(15-22-11-6-14-27-17-22)24-16-23(29-18-20-9-4-5-10-20)12-13-26(24)30-19-21-7-2-1-3-8-21/h1-3,6-8,11-14,16-17,20H,4-5,9-10,15,18-19H2. The van der Waals surface area contributed by atoms with E-state index in [-0.39, 0.29) is 12.2 Å². The number of benzene rings is 2. The second-order valence-electron chi connectivity index (χ2n) is 7.85. The zero-order valence-electron chi connectivity index (χ0n) is 17.1. The molecule has 1 fully saturated rings. The van der Waals surface area contributed by atoms with Gasteiger partial charge in [-0.2, -0.15) is 0 Å². The van der Waals surface area contributed by atoms with E-state index >= 15 is 0 Å². The quantitative estimate of drug-likeness (QED) is 0.434. The summed E-state index contributed by atoms with van der Waals surface area (Å²) >= 11 is 0. The Kier molecular flexibility index (Phi) is 6.75. The largest absolute Gasteiger partial charge is 0.493 e. The molecule has 0 spiro atoms. The van der Waals surface area contributed by atoms with Crippen molar-refractivity contribution in [2.45, 2.75) is 38.7 Å². The smallest absolute Gasteiger partial charge is 0.171 e. The highest BCUT2D eigenvalue weighted by Crippen LogP contribution is 2.29. The summed E-state index contributed by atoms with van der Waals surface area (Å²) in [5.41, 5.74) is 2.50. The Morgan fingerprint density at radius 1 is 0.933 bits per heavy atom. The van der Waals surface area contributed by atoms with Gasteiger partial charge in [-0.3, -0.25) is 9.78 Å². The van der Waals surface area contributed by atoms with E-state index in [1.807, 2.05) is 60.7 Å². The molecule has 30 heavy (non-hydrogen) atoms. The molecule has 3 aromatic rings. The molecule has 0 saturated heterocycles. The SMILES string of the molecule is O=C(Cc1cccnc1)c1cc(OCC2CCCC2)ccc1OCc1ccccc1. The summed E-state index contributed by atoms with van der Waals surface area (Å²) in [6, 6.07) is 19.3. The molecule has 4 nitrogen and oxygen atoms in total. The highest BCUT2D eigenvalue weighted by Gasteiger charge is 2.18. The number of carbonyl (C=O) groups is 1. The van der Waals surface area contributed by atoms with E-state index in [9.17, 15) is 4.79 Å². The molecule has 1 heterocycles. The fraction of sp³-hybridized carbons (Fsp3) is 0.308. The van der Waals surface area contributed by atoms with Gasteiger partial charge in [-0.25, -0.2) is 0 Å². The lowest BCUT2D eigenvalue weighted by molar-refractivity contribution is 0.0988. The molecule has 0 bridgehead atoms. The van der Waals surface area contributed by atoms with Crippen LogP contribution in [-0.4, -0.2) is 17.4 Å². The number of rotatable bonds is 9. The molecule has 0 aliphatic heterocycles. The third-order valence-corrected chi connectivity index (χ3v) is 5.54. The van der Waals surface area contributed by atoms with Crippen LogP contribution in [0.4, 0.5) is 0 Å². The summed E-state index contributed by atoms with van der Waals surface area (Å²) in [5, 5.41) is 0. The third-order valence-electron chi connectivity index (χ3n) is 5.54. The van der Waals surface area contributed by atoms with Gasteiger partial charge in [0.1, 0.15) is 18.1 Å². The molecule has 154 valence electrons. The Morgan fingerprint density at radius 3 is 2.50 bits per heavy atom. The molecule has 2 aromatic carbocycles. The van der Waals surface area contributed by atoms with Gasteiger partial charge in [0.05, 0.1) is 12.2 Å². The minimum atomic E-state index is -0.00243. The molecule has 0 unspecified atom stereocenters. The van der Waals surface area contributed by atoms with Gasteiger partial charge in [0.15, 0.2) is 5.78 Å². The summed E-state index contributed by atoms with van der Waals surface area (Å²) < 4.78 is 12.1. The monoisotopic (exact) mass is 401 g/mol. The average Bonchev–Trinajstić information content (AvgIpc) is 3.32. The maximum atomic E-state index is 13.1. The zero-order chi connectivity index (χ0) is 20.6. The molecule has 1 aliphatic carbocycles. The van der Waals surface area contributed by atoms with Gasteiger partial charge in [-0.15, -0.1) is 0 Å². The van der Waals surface area contributed by atoms with Crippen LogP contribution in [0.2, 0.25) is 0 Å². The van der Waals surface area contributed by atoms with E-state index in [1.54, 1.807) is 12.4 Å². The van der Waals surface area contributed by atoms with E-state index in [0.29, 0.717) is 30.4 Å². The van der Waals surface area contributed by atoms with Crippen molar-refractivity contribution in [1.82, 2.24) is 4.98 Å². The number of ether oxygens (including phenoxy) is 2. The first-order valence-corrected chi connectivity index (χ1v) is 10.6. The first-order chi connectivity index (χ1) is 14.8. The Bertz CT molecular complexity index is 951. The van der Waals surface area contributed by atoms with Crippen molar-refractivity contribution in [1.29, 1.82) is 0 Å². The molecular formula is C26H27NO3. The lowest BCUT2D eigenvalue weighted by Crippen LogP contribution is -2.10. The number of ketones is 1. The number of nitrogens with zero attached hydrogens (tertiary/aromatic N) is 1. The summed E-state index contributed by atoms with van der Waals surface area (Å²) in [7, 11) is 0. The van der Waals surface area contributed by atoms with Crippen LogP contribution in [0.15, 0.2) is 73.1 Å². The van der Waals surface area contributed by atoms with Crippen LogP contribution < -0.4 is 9.47 Å². The molecule has 4 heteroatoms. The highest BCUT2D eigenvalue weighted by atomic mass is 16.5. The molecular weight excluding hydrogens is 374 g/mol. The van der Waals surface area contributed by atoms with E-state index in [2.05, 4.69) is 4.98 Å². The van der Waals surface area contributed by atoms with Gasteiger partial charge in [0.2, 0.25) is 0 Å². The fourth-order valence-corrected chi connectivity index (χ4v) is 3.85. The Balaban J connectivity index is 1.51. The maximum Gasteiger partial charge on any atom is 0.171 e. The average molecular weight is 402 g/mol. The van der Waals surface area contributed by atoms with Crippen LogP contribution in [0.1, 0.15) is 47.2 Å². The van der Waals surface area contributed by atoms with Crippen molar-refractivity contribution in [3.8, 4) is 11.5 Å². The minimum absolute atomic E-state index is 0.00243. The van der Waals surface area contributed by atoms with Crippen LogP contribution in [0.5, 0.6) is 11.5 Å². The number of hydrogen-bond donors (Lipinski definition) is 0. The van der Waals surface area contributed by atoms with Gasteiger partial charge in [-0.05, 0) is 54.2 Å². The van der Waals surface area contributed by atoms with Crippen LogP contribution in [0, 0.1) is 5.92 Å². The lowest BCUT2D eigenvalue weighted by atomic mass is 10.0. The van der Waals surface area contributed by atoms with Crippen molar-refractivity contribution >= 4 is 5.78 Å². The van der Waals surface area contributed by atoms with E-state index < -0.39 is 0 Å². The van der Waals surface area contributed by atoms with Crippen molar-refractivity contribution in [2.75, 3.05) is 6.61 Å². The van der Waals surface area contributed by atoms with Gasteiger partial charge in [-0.1, -0.05) is 49.2 Å². The molecule has 0 N–H and O–H groups in total. The second kappa shape index (κ2) is 10.1. The van der Waals surface area contributed by atoms with Crippen LogP contribution in [0.25, 0.3) is 0 Å². The fourth-order valence-electron chi connectivity index (χ4n) is 3.85. The van der Waals surface area contributed by atoms with Crippen molar-refractivity contribution < 1.29 is 14.3 Å². The summed E-state index contributed by atoms with van der Waals surface area (Å²) in [5.74, 6) is 1.93. The van der Waals surface area contributed by atoms with E-state index in [1.165, 1.54) is 25.7 Å². The van der Waals surface area contributed by atoms with Gasteiger partial charge in [0, 0.05) is 18.8 Å². The predicted molar refractivity (Wildman–Crippen MR) is 117 cm³/mol. The third kappa shape index (κ3) is 5.47. The van der Waals surface area contributed by atoms with Crippen LogP contribution >= 0.6 is 0 Å². The molecule has 4 rings (SSSR count). The van der Waals surface area contributed by atoms with Crippen molar-refractivity contribution in [2.24, 2.45) is 5.92 Å². The van der Waals surface area contributed by atoms with Gasteiger partial charge >= 0.3 is 0 Å². The summed E-state index contributed by atoms with van der Waals surface area (Å²) in [6.45, 7) is 1.12. The minimum Gasteiger partial charge on any atom is -0.493 e. The Morgan fingerprint density at radius 2 is 1.73 bits per heavy atom. The van der Waals surface area contributed by atoms with E-state index in [4.69, 9.17) is 9.47 Å². The Labute approximate surface area is 177 Å². The van der Waals surface area contributed by atoms with Crippen LogP contribution in [0.3, 0.4) is 0 Å². The molecule has 0 amide bonds. The van der Waals surface area contributed by atoms with Crippen LogP contribution in [-0.2, 0) is 13.0 Å². The van der Waals surface area contributed by atoms with E-state index in [0.717, 1.165) is 16.9 Å². The maximum absolute atomic E-state index is 13.1. The zero-order valence-corrected chi connectivity index (χ0v) is 17.1. The van der Waals surface area contributed by atoms with Crippen molar-refractivity contribution in [3.63, 3.8) is 0 Å². The molecule has 0 radical (unpaired) electrons. The number of carbonyl (C=O) groups excluding carboxylic acids is 1. The number of pyridine rings is 1. The number of hydrogen-bond acceptors (Lipinski definition) is 4. The van der Waals surface area contributed by atoms with Gasteiger partial charge < -0.3 is 9.47 Å². The summed E-state index contributed by atoms with van der Waals surface area (Å²) in [4.78, 5) is 17.2. The summed E-state index contributed by atoms with van der Waals surface area (Å²) in [6.07, 6.45) is 8.74. The predicted octanol–water partition coefficient (Wildman–Crippen LogP) is 5.66. The number of aromatic nitrogens is 1. The first kappa shape index (κ1) is 20.1. The molecule has 0 atom stereocenters. The first-order valence-electron chi connectivity index (χ1n) is 10.6. The Hall–Kier alpha value is -3.14. The molecule has 1 saturated carbocycles. The molecule has 1 aromatic heterocycles. The molecule has 1 aliphatic rings. The topological polar surface area (TPSA) is 48.4 Å². The number of Topliss-reactive ketones (excluding diaryl/α,β-unsaturated/α-hetero) is 1.